The molecule has 4 aliphatic carbocycles. The van der Waals surface area contributed by atoms with Gasteiger partial charge in [0.15, 0.2) is 0 Å². The van der Waals surface area contributed by atoms with Gasteiger partial charge in [0.1, 0.15) is 6.10 Å². The van der Waals surface area contributed by atoms with Crippen molar-refractivity contribution in [1.29, 1.82) is 0 Å². The van der Waals surface area contributed by atoms with Crippen LogP contribution in [0.15, 0.2) is 54.6 Å². The first-order valence-electron chi connectivity index (χ1n) is 17.1. The van der Waals surface area contributed by atoms with Crippen LogP contribution in [-0.4, -0.2) is 30.3 Å². The van der Waals surface area contributed by atoms with Gasteiger partial charge < -0.3 is 14.6 Å². The number of aliphatic carboxylic acids is 1. The number of hydrogen-bond acceptors (Lipinski definition) is 4. The molecule has 0 radical (unpaired) electrons. The molecule has 5 heteroatoms. The number of esters is 1. The summed E-state index contributed by atoms with van der Waals surface area (Å²) >= 11 is 0. The van der Waals surface area contributed by atoms with Gasteiger partial charge in [-0.2, -0.15) is 0 Å². The molecule has 0 spiro atoms. The second kappa shape index (κ2) is 11.9. The molecule has 0 amide bonds. The predicted molar refractivity (Wildman–Crippen MR) is 173 cm³/mol. The quantitative estimate of drug-likeness (QED) is 0.306. The molecule has 0 heterocycles. The monoisotopic (exact) mass is 600 g/mol. The molecule has 4 saturated carbocycles. The number of rotatable bonds is 8. The van der Waals surface area contributed by atoms with E-state index in [4.69, 9.17) is 9.47 Å². The fourth-order valence-electron chi connectivity index (χ4n) is 11.2. The number of hydrogen-bond donors (Lipinski definition) is 1. The number of ether oxygens (including phenoxy) is 2. The second-order valence-corrected chi connectivity index (χ2v) is 15.4. The molecule has 6 rings (SSSR count). The highest BCUT2D eigenvalue weighted by Gasteiger charge is 2.65. The van der Waals surface area contributed by atoms with Crippen LogP contribution >= 0.6 is 0 Å². The van der Waals surface area contributed by atoms with E-state index in [2.05, 4.69) is 75.4 Å². The lowest BCUT2D eigenvalue weighted by molar-refractivity contribution is -0.207. The Labute approximate surface area is 264 Å². The van der Waals surface area contributed by atoms with E-state index in [-0.39, 0.29) is 34.9 Å². The molecule has 2 aromatic rings. The summed E-state index contributed by atoms with van der Waals surface area (Å²) in [6.07, 6.45) is 9.55. The van der Waals surface area contributed by atoms with Crippen molar-refractivity contribution in [3.63, 3.8) is 0 Å². The average Bonchev–Trinajstić information content (AvgIpc) is 3.37. The average molecular weight is 601 g/mol. The zero-order valence-electron chi connectivity index (χ0n) is 27.4. The van der Waals surface area contributed by atoms with E-state index in [1.165, 1.54) is 23.1 Å². The van der Waals surface area contributed by atoms with E-state index in [0.29, 0.717) is 35.5 Å². The lowest BCUT2D eigenvalue weighted by Gasteiger charge is -2.64. The van der Waals surface area contributed by atoms with Crippen LogP contribution in [0.2, 0.25) is 0 Å². The van der Waals surface area contributed by atoms with Crippen LogP contribution in [0.25, 0.3) is 11.1 Å². The molecule has 44 heavy (non-hydrogen) atoms. The maximum absolute atomic E-state index is 12.6. The fraction of sp³-hybridized carbons (Fsp3) is 0.641. The fourth-order valence-corrected chi connectivity index (χ4v) is 11.2. The summed E-state index contributed by atoms with van der Waals surface area (Å²) in [5, 5.41) is 9.34. The van der Waals surface area contributed by atoms with Crippen LogP contribution in [0.3, 0.4) is 0 Å². The first kappa shape index (κ1) is 31.3. The molecule has 0 aromatic heterocycles. The van der Waals surface area contributed by atoms with E-state index < -0.39 is 5.97 Å². The molecular weight excluding hydrogens is 548 g/mol. The highest BCUT2D eigenvalue weighted by Crippen LogP contribution is 2.70. The molecule has 0 bridgehead atoms. The van der Waals surface area contributed by atoms with E-state index in [1.54, 1.807) is 6.92 Å². The Balaban J connectivity index is 1.27. The normalized spacial score (nSPS) is 38.6. The van der Waals surface area contributed by atoms with Crippen molar-refractivity contribution in [2.24, 2.45) is 46.3 Å². The molecule has 4 aliphatic rings. The van der Waals surface area contributed by atoms with Gasteiger partial charge in [0, 0.05) is 26.4 Å². The maximum atomic E-state index is 12.6. The van der Waals surface area contributed by atoms with Crippen LogP contribution in [0.1, 0.15) is 97.5 Å². The van der Waals surface area contributed by atoms with E-state index in [1.807, 2.05) is 7.11 Å². The first-order chi connectivity index (χ1) is 21.0. The minimum Gasteiger partial charge on any atom is -0.481 e. The van der Waals surface area contributed by atoms with Crippen molar-refractivity contribution >= 4 is 11.9 Å². The minimum absolute atomic E-state index is 0.0682. The third-order valence-corrected chi connectivity index (χ3v) is 13.5. The number of fused-ring (bicyclic) bond motifs is 5. The third kappa shape index (κ3) is 5.31. The number of carbonyl (C=O) groups excluding carboxylic acids is 1. The third-order valence-electron chi connectivity index (χ3n) is 13.5. The Bertz CT molecular complexity index is 1340. The van der Waals surface area contributed by atoms with Crippen molar-refractivity contribution in [3.05, 3.63) is 60.2 Å². The largest absolute Gasteiger partial charge is 0.481 e. The zero-order chi connectivity index (χ0) is 31.3. The molecule has 4 fully saturated rings. The highest BCUT2D eigenvalue weighted by atomic mass is 16.5. The standard InChI is InChI=1S/C39H52O5/c1-25(11-18-35(41)42)31-16-17-32-36-33(19-20-38(31,32)4)37(3)21-22-39(43-5,24-30(37)23-34(36)44-26(2)40)29-14-12-28(13-15-29)27-9-7-6-8-10-27/h6-10,12-15,25,30-34,36H,11,16-24H2,1-5H3,(H,41,42)/t25-,30-,31-,32+,33+,34-,36+,37+,38-,39+/m1/s1. The number of carboxylic acids is 1. The van der Waals surface area contributed by atoms with Gasteiger partial charge in [-0.05, 0) is 115 Å². The van der Waals surface area contributed by atoms with Gasteiger partial charge in [0.2, 0.25) is 0 Å². The first-order valence-corrected chi connectivity index (χ1v) is 17.1. The molecule has 2 aromatic carbocycles. The van der Waals surface area contributed by atoms with Gasteiger partial charge >= 0.3 is 11.9 Å². The smallest absolute Gasteiger partial charge is 0.303 e. The van der Waals surface area contributed by atoms with Crippen molar-refractivity contribution in [1.82, 2.24) is 0 Å². The molecule has 1 N–H and O–H groups in total. The van der Waals surface area contributed by atoms with Gasteiger partial charge in [0.05, 0.1) is 5.60 Å². The van der Waals surface area contributed by atoms with Crippen molar-refractivity contribution in [3.8, 4) is 11.1 Å². The van der Waals surface area contributed by atoms with Gasteiger partial charge in [-0.1, -0.05) is 75.4 Å². The van der Waals surface area contributed by atoms with Crippen molar-refractivity contribution in [2.75, 3.05) is 7.11 Å². The van der Waals surface area contributed by atoms with Gasteiger partial charge in [-0.25, -0.2) is 0 Å². The molecule has 238 valence electrons. The summed E-state index contributed by atoms with van der Waals surface area (Å²) in [6.45, 7) is 8.87. The van der Waals surface area contributed by atoms with E-state index >= 15 is 0 Å². The van der Waals surface area contributed by atoms with Crippen LogP contribution in [0.4, 0.5) is 0 Å². The Morgan fingerprint density at radius 3 is 2.25 bits per heavy atom. The zero-order valence-corrected chi connectivity index (χ0v) is 27.4. The molecule has 0 saturated heterocycles. The summed E-state index contributed by atoms with van der Waals surface area (Å²) in [7, 11) is 1.87. The Kier molecular flexibility index (Phi) is 8.49. The maximum Gasteiger partial charge on any atom is 0.303 e. The number of benzene rings is 2. The second-order valence-electron chi connectivity index (χ2n) is 15.4. The van der Waals surface area contributed by atoms with Gasteiger partial charge in [-0.3, -0.25) is 9.59 Å². The lowest BCUT2D eigenvalue weighted by atomic mass is 9.42. The molecule has 0 aliphatic heterocycles. The highest BCUT2D eigenvalue weighted by molar-refractivity contribution is 5.67. The summed E-state index contributed by atoms with van der Waals surface area (Å²) in [6, 6.07) is 19.5. The van der Waals surface area contributed by atoms with E-state index in [0.717, 1.165) is 51.4 Å². The summed E-state index contributed by atoms with van der Waals surface area (Å²) in [5.74, 6) is 1.87. The van der Waals surface area contributed by atoms with Crippen LogP contribution in [0, 0.1) is 46.3 Å². The number of methoxy groups -OCH3 is 1. The van der Waals surface area contributed by atoms with Gasteiger partial charge in [-0.15, -0.1) is 0 Å². The number of carbonyl (C=O) groups is 2. The van der Waals surface area contributed by atoms with Crippen LogP contribution < -0.4 is 0 Å². The predicted octanol–water partition coefficient (Wildman–Crippen LogP) is 8.90. The molecule has 5 nitrogen and oxygen atoms in total. The molecular formula is C39H52O5. The summed E-state index contributed by atoms with van der Waals surface area (Å²) in [5.41, 5.74) is 3.70. The summed E-state index contributed by atoms with van der Waals surface area (Å²) < 4.78 is 12.8. The van der Waals surface area contributed by atoms with Gasteiger partial charge in [0.25, 0.3) is 0 Å². The topological polar surface area (TPSA) is 72.8 Å². The summed E-state index contributed by atoms with van der Waals surface area (Å²) in [4.78, 5) is 23.9. The Morgan fingerprint density at radius 2 is 1.59 bits per heavy atom. The molecule has 10 atom stereocenters. The lowest BCUT2D eigenvalue weighted by Crippen LogP contribution is -2.60. The SMILES string of the molecule is CO[C@@]1(c2ccc(-c3ccccc3)cc2)CC[C@@]2(C)[C@H](C[C@@H](OC(C)=O)[C@@H]3[C@@H]2CC[C@]2(C)[C@@H]([C@H](C)CCC(=O)O)CC[C@@H]32)C1. The van der Waals surface area contributed by atoms with E-state index in [9.17, 15) is 14.7 Å². The van der Waals surface area contributed by atoms with Crippen LogP contribution in [-0.2, 0) is 24.7 Å². The Morgan fingerprint density at radius 1 is 0.909 bits per heavy atom. The Hall–Kier alpha value is -2.66. The minimum atomic E-state index is -0.696. The van der Waals surface area contributed by atoms with Crippen LogP contribution in [0.5, 0.6) is 0 Å². The number of carboxylic acid groups (broad SMARTS) is 1. The molecule has 0 unspecified atom stereocenters. The van der Waals surface area contributed by atoms with Crippen molar-refractivity contribution < 1.29 is 24.2 Å². The van der Waals surface area contributed by atoms with Crippen molar-refractivity contribution in [2.45, 2.75) is 104 Å².